The molecule has 72 valence electrons. The smallest absolute Gasteiger partial charge is 0.119 e. The average molecular weight is 171 g/mol. The number of carbonyl (C=O) groups excluding carboxylic acids is 1. The molecule has 1 atom stereocenters. The SMILES string of the molecule is CCCNC(C)CCCCC=O. The van der Waals surface area contributed by atoms with E-state index in [9.17, 15) is 4.79 Å². The van der Waals surface area contributed by atoms with Crippen LogP contribution in [0.25, 0.3) is 0 Å². The van der Waals surface area contributed by atoms with Gasteiger partial charge in [-0.2, -0.15) is 0 Å². The molecule has 0 amide bonds. The number of nitrogens with one attached hydrogen (secondary N) is 1. The Morgan fingerprint density at radius 3 is 2.75 bits per heavy atom. The van der Waals surface area contributed by atoms with Crippen LogP contribution in [-0.2, 0) is 4.79 Å². The first-order valence-corrected chi connectivity index (χ1v) is 4.98. The standard InChI is InChI=1S/C10H21NO/c1-3-8-11-10(2)7-5-4-6-9-12/h9-11H,3-8H2,1-2H3. The van der Waals surface area contributed by atoms with Crippen molar-refractivity contribution in [1.29, 1.82) is 0 Å². The highest BCUT2D eigenvalue weighted by Gasteiger charge is 1.98. The van der Waals surface area contributed by atoms with E-state index in [0.717, 1.165) is 32.1 Å². The van der Waals surface area contributed by atoms with E-state index in [-0.39, 0.29) is 0 Å². The van der Waals surface area contributed by atoms with Gasteiger partial charge in [0.2, 0.25) is 0 Å². The van der Waals surface area contributed by atoms with Gasteiger partial charge in [-0.05, 0) is 32.7 Å². The van der Waals surface area contributed by atoms with Crippen LogP contribution in [-0.4, -0.2) is 18.9 Å². The molecule has 12 heavy (non-hydrogen) atoms. The van der Waals surface area contributed by atoms with Gasteiger partial charge in [-0.3, -0.25) is 0 Å². The summed E-state index contributed by atoms with van der Waals surface area (Å²) < 4.78 is 0. The predicted octanol–water partition coefficient (Wildman–Crippen LogP) is 2.13. The summed E-state index contributed by atoms with van der Waals surface area (Å²) in [6.07, 6.45) is 6.31. The number of rotatable bonds is 8. The van der Waals surface area contributed by atoms with Gasteiger partial charge >= 0.3 is 0 Å². The van der Waals surface area contributed by atoms with E-state index in [1.165, 1.54) is 12.8 Å². The van der Waals surface area contributed by atoms with Gasteiger partial charge in [0.25, 0.3) is 0 Å². The second-order valence-corrected chi connectivity index (χ2v) is 3.31. The third-order valence-electron chi connectivity index (χ3n) is 1.95. The molecular formula is C10H21NO. The van der Waals surface area contributed by atoms with Gasteiger partial charge in [0.15, 0.2) is 0 Å². The van der Waals surface area contributed by atoms with Crippen molar-refractivity contribution in [2.45, 2.75) is 52.0 Å². The third kappa shape index (κ3) is 7.73. The maximum absolute atomic E-state index is 10.0. The second kappa shape index (κ2) is 8.72. The van der Waals surface area contributed by atoms with Crippen molar-refractivity contribution >= 4 is 6.29 Å². The predicted molar refractivity (Wildman–Crippen MR) is 52.3 cm³/mol. The Kier molecular flexibility index (Phi) is 8.46. The summed E-state index contributed by atoms with van der Waals surface area (Å²) in [4.78, 5) is 10.0. The first-order chi connectivity index (χ1) is 5.81. The number of hydrogen-bond donors (Lipinski definition) is 1. The van der Waals surface area contributed by atoms with Gasteiger partial charge in [-0.1, -0.05) is 13.3 Å². The Morgan fingerprint density at radius 2 is 2.17 bits per heavy atom. The minimum atomic E-state index is 0.608. The summed E-state index contributed by atoms with van der Waals surface area (Å²) in [5.41, 5.74) is 0. The van der Waals surface area contributed by atoms with E-state index in [1.54, 1.807) is 0 Å². The van der Waals surface area contributed by atoms with Crippen LogP contribution in [0, 0.1) is 0 Å². The molecule has 2 heteroatoms. The average Bonchev–Trinajstić information content (AvgIpc) is 2.09. The Bertz CT molecular complexity index is 104. The lowest BCUT2D eigenvalue weighted by atomic mass is 10.1. The lowest BCUT2D eigenvalue weighted by molar-refractivity contribution is -0.107. The van der Waals surface area contributed by atoms with Crippen molar-refractivity contribution in [2.24, 2.45) is 0 Å². The molecule has 1 N–H and O–H groups in total. The van der Waals surface area contributed by atoms with Gasteiger partial charge in [0, 0.05) is 12.5 Å². The van der Waals surface area contributed by atoms with Gasteiger partial charge in [-0.25, -0.2) is 0 Å². The maximum atomic E-state index is 10.0. The summed E-state index contributed by atoms with van der Waals surface area (Å²) in [5.74, 6) is 0. The molecule has 1 unspecified atom stereocenters. The molecule has 0 saturated heterocycles. The summed E-state index contributed by atoms with van der Waals surface area (Å²) in [6.45, 7) is 5.48. The Balaban J connectivity index is 3.07. The zero-order chi connectivity index (χ0) is 9.23. The molecule has 0 spiro atoms. The molecule has 0 aliphatic heterocycles. The highest BCUT2D eigenvalue weighted by Crippen LogP contribution is 2.01. The third-order valence-corrected chi connectivity index (χ3v) is 1.95. The highest BCUT2D eigenvalue weighted by molar-refractivity contribution is 5.48. The van der Waals surface area contributed by atoms with Crippen molar-refractivity contribution in [3.63, 3.8) is 0 Å². The first-order valence-electron chi connectivity index (χ1n) is 4.98. The molecule has 0 aliphatic rings. The Morgan fingerprint density at radius 1 is 1.42 bits per heavy atom. The van der Waals surface area contributed by atoms with Crippen LogP contribution in [0.15, 0.2) is 0 Å². The van der Waals surface area contributed by atoms with Crippen molar-refractivity contribution in [3.8, 4) is 0 Å². The lowest BCUT2D eigenvalue weighted by Crippen LogP contribution is -2.26. The van der Waals surface area contributed by atoms with E-state index in [4.69, 9.17) is 0 Å². The van der Waals surface area contributed by atoms with Crippen LogP contribution < -0.4 is 5.32 Å². The number of carbonyl (C=O) groups is 1. The molecule has 0 saturated carbocycles. The monoisotopic (exact) mass is 171 g/mol. The largest absolute Gasteiger partial charge is 0.314 e. The quantitative estimate of drug-likeness (QED) is 0.448. The zero-order valence-corrected chi connectivity index (χ0v) is 8.31. The Labute approximate surface area is 75.7 Å². The van der Waals surface area contributed by atoms with E-state index in [2.05, 4.69) is 19.2 Å². The van der Waals surface area contributed by atoms with Crippen molar-refractivity contribution in [3.05, 3.63) is 0 Å². The molecule has 2 nitrogen and oxygen atoms in total. The normalized spacial score (nSPS) is 12.8. The number of hydrogen-bond acceptors (Lipinski definition) is 2. The van der Waals surface area contributed by atoms with Gasteiger partial charge < -0.3 is 10.1 Å². The van der Waals surface area contributed by atoms with Crippen LogP contribution in [0.5, 0.6) is 0 Å². The summed E-state index contributed by atoms with van der Waals surface area (Å²) >= 11 is 0. The fourth-order valence-corrected chi connectivity index (χ4v) is 1.17. The van der Waals surface area contributed by atoms with Crippen LogP contribution in [0.1, 0.15) is 46.0 Å². The maximum Gasteiger partial charge on any atom is 0.119 e. The molecule has 0 radical (unpaired) electrons. The van der Waals surface area contributed by atoms with Gasteiger partial charge in [0.1, 0.15) is 6.29 Å². The molecular weight excluding hydrogens is 150 g/mol. The van der Waals surface area contributed by atoms with Crippen LogP contribution >= 0.6 is 0 Å². The van der Waals surface area contributed by atoms with E-state index >= 15 is 0 Å². The summed E-state index contributed by atoms with van der Waals surface area (Å²) in [7, 11) is 0. The minimum absolute atomic E-state index is 0.608. The van der Waals surface area contributed by atoms with Crippen LogP contribution in [0.3, 0.4) is 0 Å². The molecule has 0 aromatic heterocycles. The van der Waals surface area contributed by atoms with Crippen LogP contribution in [0.2, 0.25) is 0 Å². The van der Waals surface area contributed by atoms with Crippen molar-refractivity contribution in [1.82, 2.24) is 5.32 Å². The zero-order valence-electron chi connectivity index (χ0n) is 8.31. The number of unbranched alkanes of at least 4 members (excludes halogenated alkanes) is 2. The Hall–Kier alpha value is -0.370. The molecule has 0 fully saturated rings. The molecule has 0 aromatic rings. The molecule has 0 rings (SSSR count). The highest BCUT2D eigenvalue weighted by atomic mass is 16.1. The van der Waals surface area contributed by atoms with Gasteiger partial charge in [0.05, 0.1) is 0 Å². The minimum Gasteiger partial charge on any atom is -0.314 e. The van der Waals surface area contributed by atoms with E-state index in [1.807, 2.05) is 0 Å². The topological polar surface area (TPSA) is 29.1 Å². The first kappa shape index (κ1) is 11.6. The second-order valence-electron chi connectivity index (χ2n) is 3.31. The summed E-state index contributed by atoms with van der Waals surface area (Å²) in [6, 6.07) is 0.608. The lowest BCUT2D eigenvalue weighted by Gasteiger charge is -2.11. The van der Waals surface area contributed by atoms with E-state index < -0.39 is 0 Å². The fourth-order valence-electron chi connectivity index (χ4n) is 1.17. The molecule has 0 heterocycles. The summed E-state index contributed by atoms with van der Waals surface area (Å²) in [5, 5.41) is 3.42. The van der Waals surface area contributed by atoms with Crippen molar-refractivity contribution in [2.75, 3.05) is 6.54 Å². The van der Waals surface area contributed by atoms with Crippen LogP contribution in [0.4, 0.5) is 0 Å². The fraction of sp³-hybridized carbons (Fsp3) is 0.900. The molecule has 0 aliphatic carbocycles. The number of aldehydes is 1. The van der Waals surface area contributed by atoms with Crippen molar-refractivity contribution < 1.29 is 4.79 Å². The molecule has 0 bridgehead atoms. The molecule has 0 aromatic carbocycles. The van der Waals surface area contributed by atoms with Gasteiger partial charge in [-0.15, -0.1) is 0 Å². The van der Waals surface area contributed by atoms with E-state index in [0.29, 0.717) is 6.04 Å².